The number of phenols is 1. The predicted molar refractivity (Wildman–Crippen MR) is 116 cm³/mol. The second-order valence-corrected chi connectivity index (χ2v) is 7.34. The molecule has 3 rings (SSSR count). The van der Waals surface area contributed by atoms with Crippen molar-refractivity contribution in [1.29, 1.82) is 0 Å². The summed E-state index contributed by atoms with van der Waals surface area (Å²) in [5.41, 5.74) is 1.89. The highest BCUT2D eigenvalue weighted by molar-refractivity contribution is 6.46. The fraction of sp³-hybridized carbons (Fsp3) is 0.333. The Morgan fingerprint density at radius 3 is 2.45 bits per heavy atom. The minimum atomic E-state index is -0.760. The minimum Gasteiger partial charge on any atom is -0.508 e. The Labute approximate surface area is 181 Å². The van der Waals surface area contributed by atoms with Gasteiger partial charge < -0.3 is 24.6 Å². The van der Waals surface area contributed by atoms with Crippen LogP contribution < -0.4 is 4.74 Å². The Morgan fingerprint density at radius 2 is 1.84 bits per heavy atom. The van der Waals surface area contributed by atoms with Crippen molar-refractivity contribution < 1.29 is 29.3 Å². The van der Waals surface area contributed by atoms with E-state index in [0.717, 1.165) is 5.56 Å². The van der Waals surface area contributed by atoms with Crippen LogP contribution >= 0.6 is 0 Å². The summed E-state index contributed by atoms with van der Waals surface area (Å²) in [6.07, 6.45) is 0.542. The van der Waals surface area contributed by atoms with Gasteiger partial charge in [-0.25, -0.2) is 0 Å². The maximum absolute atomic E-state index is 13.0. The van der Waals surface area contributed by atoms with E-state index in [-0.39, 0.29) is 17.1 Å². The van der Waals surface area contributed by atoms with Crippen molar-refractivity contribution in [2.75, 3.05) is 26.9 Å². The number of carbonyl (C=O) groups is 2. The molecule has 1 aliphatic rings. The van der Waals surface area contributed by atoms with Gasteiger partial charge in [0.2, 0.25) is 0 Å². The lowest BCUT2D eigenvalue weighted by molar-refractivity contribution is -0.140. The molecular formula is C24H27NO6. The van der Waals surface area contributed by atoms with Crippen molar-refractivity contribution in [3.63, 3.8) is 0 Å². The van der Waals surface area contributed by atoms with Gasteiger partial charge in [-0.3, -0.25) is 9.59 Å². The number of hydrogen-bond donors (Lipinski definition) is 2. The number of benzene rings is 2. The van der Waals surface area contributed by atoms with Crippen molar-refractivity contribution in [2.24, 2.45) is 0 Å². The van der Waals surface area contributed by atoms with Gasteiger partial charge in [-0.1, -0.05) is 12.1 Å². The molecule has 164 valence electrons. The van der Waals surface area contributed by atoms with E-state index < -0.39 is 17.7 Å². The van der Waals surface area contributed by atoms with Crippen LogP contribution in [0.15, 0.2) is 48.0 Å². The molecule has 0 radical (unpaired) electrons. The molecular weight excluding hydrogens is 398 g/mol. The Kier molecular flexibility index (Phi) is 6.97. The Hall–Kier alpha value is -3.32. The van der Waals surface area contributed by atoms with E-state index in [9.17, 15) is 19.8 Å². The highest BCUT2D eigenvalue weighted by Crippen LogP contribution is 2.40. The van der Waals surface area contributed by atoms with Gasteiger partial charge in [0.15, 0.2) is 0 Å². The molecule has 1 atom stereocenters. The third-order valence-electron chi connectivity index (χ3n) is 5.24. The number of ketones is 1. The van der Waals surface area contributed by atoms with E-state index in [1.54, 1.807) is 37.4 Å². The maximum atomic E-state index is 13.0. The van der Waals surface area contributed by atoms with Crippen molar-refractivity contribution >= 4 is 17.4 Å². The number of aromatic hydroxyl groups is 1. The lowest BCUT2D eigenvalue weighted by atomic mass is 9.94. The summed E-state index contributed by atoms with van der Waals surface area (Å²) in [4.78, 5) is 27.2. The van der Waals surface area contributed by atoms with E-state index in [0.29, 0.717) is 43.1 Å². The third-order valence-corrected chi connectivity index (χ3v) is 5.24. The fourth-order valence-corrected chi connectivity index (χ4v) is 3.76. The normalized spacial score (nSPS) is 17.9. The van der Waals surface area contributed by atoms with Crippen molar-refractivity contribution in [3.8, 4) is 11.5 Å². The Balaban J connectivity index is 2.10. The maximum Gasteiger partial charge on any atom is 0.295 e. The first-order chi connectivity index (χ1) is 14.9. The molecule has 2 aromatic carbocycles. The van der Waals surface area contributed by atoms with Crippen LogP contribution in [-0.4, -0.2) is 53.7 Å². The highest BCUT2D eigenvalue weighted by atomic mass is 16.5. The van der Waals surface area contributed by atoms with Gasteiger partial charge in [0.25, 0.3) is 11.7 Å². The summed E-state index contributed by atoms with van der Waals surface area (Å²) in [5, 5.41) is 20.8. The molecule has 7 heteroatoms. The molecule has 1 heterocycles. The van der Waals surface area contributed by atoms with Gasteiger partial charge in [0.05, 0.1) is 18.2 Å². The SMILES string of the molecule is CCOc1ccc(/C(O)=C2/C(=O)C(=O)N(CCCOC)C2c2ccc(O)cc2)cc1C. The molecule has 2 aromatic rings. The van der Waals surface area contributed by atoms with E-state index in [2.05, 4.69) is 0 Å². The molecule has 2 N–H and O–H groups in total. The summed E-state index contributed by atoms with van der Waals surface area (Å²) >= 11 is 0. The molecule has 0 spiro atoms. The number of aliphatic hydroxyl groups excluding tert-OH is 1. The second-order valence-electron chi connectivity index (χ2n) is 7.34. The van der Waals surface area contributed by atoms with Crippen LogP contribution in [0.5, 0.6) is 11.5 Å². The summed E-state index contributed by atoms with van der Waals surface area (Å²) in [6.45, 7) is 4.98. The lowest BCUT2D eigenvalue weighted by Crippen LogP contribution is -2.31. The summed E-state index contributed by atoms with van der Waals surface area (Å²) in [5.74, 6) is -0.883. The molecule has 1 fully saturated rings. The summed E-state index contributed by atoms with van der Waals surface area (Å²) in [7, 11) is 1.57. The number of likely N-dealkylation sites (tertiary alicyclic amines) is 1. The number of phenolic OH excluding ortho intramolecular Hbond substituents is 1. The van der Waals surface area contributed by atoms with Crippen LogP contribution in [0.4, 0.5) is 0 Å². The average molecular weight is 425 g/mol. The third kappa shape index (κ3) is 4.56. The number of methoxy groups -OCH3 is 1. The number of nitrogens with zero attached hydrogens (tertiary/aromatic N) is 1. The second kappa shape index (κ2) is 9.66. The van der Waals surface area contributed by atoms with Gasteiger partial charge in [0.1, 0.15) is 17.3 Å². The molecule has 0 aliphatic carbocycles. The molecule has 31 heavy (non-hydrogen) atoms. The average Bonchev–Trinajstić information content (AvgIpc) is 3.00. The van der Waals surface area contributed by atoms with Gasteiger partial charge >= 0.3 is 0 Å². The number of amides is 1. The predicted octanol–water partition coefficient (Wildman–Crippen LogP) is 3.56. The van der Waals surface area contributed by atoms with E-state index in [4.69, 9.17) is 9.47 Å². The smallest absolute Gasteiger partial charge is 0.295 e. The zero-order valence-corrected chi connectivity index (χ0v) is 17.9. The molecule has 0 saturated carbocycles. The van der Waals surface area contributed by atoms with Crippen LogP contribution in [0.3, 0.4) is 0 Å². The summed E-state index contributed by atoms with van der Waals surface area (Å²) in [6, 6.07) is 10.6. The number of rotatable bonds is 8. The number of carbonyl (C=O) groups excluding carboxylic acids is 2. The molecule has 7 nitrogen and oxygen atoms in total. The van der Waals surface area contributed by atoms with Crippen LogP contribution in [0.25, 0.3) is 5.76 Å². The van der Waals surface area contributed by atoms with Gasteiger partial charge in [0, 0.05) is 25.8 Å². The van der Waals surface area contributed by atoms with Crippen molar-refractivity contribution in [3.05, 3.63) is 64.7 Å². The van der Waals surface area contributed by atoms with E-state index in [1.165, 1.54) is 17.0 Å². The quantitative estimate of drug-likeness (QED) is 0.291. The number of aliphatic hydroxyl groups is 1. The first-order valence-electron chi connectivity index (χ1n) is 10.2. The topological polar surface area (TPSA) is 96.3 Å². The van der Waals surface area contributed by atoms with Crippen LogP contribution in [0.2, 0.25) is 0 Å². The monoisotopic (exact) mass is 425 g/mol. The number of aryl methyl sites for hydroxylation is 1. The van der Waals surface area contributed by atoms with Crippen molar-refractivity contribution in [1.82, 2.24) is 4.90 Å². The summed E-state index contributed by atoms with van der Waals surface area (Å²) < 4.78 is 10.6. The first-order valence-corrected chi connectivity index (χ1v) is 10.2. The fourth-order valence-electron chi connectivity index (χ4n) is 3.76. The first kappa shape index (κ1) is 22.4. The Morgan fingerprint density at radius 1 is 1.13 bits per heavy atom. The highest BCUT2D eigenvalue weighted by Gasteiger charge is 2.45. The van der Waals surface area contributed by atoms with Gasteiger partial charge in [-0.15, -0.1) is 0 Å². The molecule has 1 saturated heterocycles. The molecule has 0 bridgehead atoms. The van der Waals surface area contributed by atoms with Gasteiger partial charge in [-0.2, -0.15) is 0 Å². The molecule has 1 unspecified atom stereocenters. The van der Waals surface area contributed by atoms with E-state index in [1.807, 2.05) is 13.8 Å². The standard InChI is InChI=1S/C24H27NO6/c1-4-31-19-11-8-17(14-15(19)2)22(27)20-21(16-6-9-18(26)10-7-16)25(12-5-13-30-3)24(29)23(20)28/h6-11,14,21,26-27H,4-5,12-13H2,1-3H3/b22-20-. The molecule has 1 aliphatic heterocycles. The zero-order valence-electron chi connectivity index (χ0n) is 17.9. The van der Waals surface area contributed by atoms with Gasteiger partial charge in [-0.05, 0) is 61.7 Å². The molecule has 1 amide bonds. The number of hydrogen-bond acceptors (Lipinski definition) is 6. The van der Waals surface area contributed by atoms with Crippen LogP contribution in [-0.2, 0) is 14.3 Å². The van der Waals surface area contributed by atoms with Crippen molar-refractivity contribution in [2.45, 2.75) is 26.3 Å². The Bertz CT molecular complexity index is 996. The van der Waals surface area contributed by atoms with Crippen LogP contribution in [0.1, 0.15) is 36.1 Å². The largest absolute Gasteiger partial charge is 0.508 e. The minimum absolute atomic E-state index is 0.0247. The molecule has 0 aromatic heterocycles. The number of Topliss-reactive ketones (excluding diaryl/α,β-unsaturated/α-hetero) is 1. The number of ether oxygens (including phenoxy) is 2. The lowest BCUT2D eigenvalue weighted by Gasteiger charge is -2.25. The van der Waals surface area contributed by atoms with Crippen LogP contribution in [0, 0.1) is 6.92 Å². The van der Waals surface area contributed by atoms with E-state index >= 15 is 0 Å². The zero-order chi connectivity index (χ0) is 22.5.